The van der Waals surface area contributed by atoms with Crippen LogP contribution in [0.4, 0.5) is 4.39 Å². The van der Waals surface area contributed by atoms with Crippen LogP contribution in [0.2, 0.25) is 0 Å². The molecule has 0 radical (unpaired) electrons. The Morgan fingerprint density at radius 2 is 1.86 bits per heavy atom. The summed E-state index contributed by atoms with van der Waals surface area (Å²) in [6.45, 7) is 0.942. The molecule has 0 spiro atoms. The first-order valence-corrected chi connectivity index (χ1v) is 8.24. The van der Waals surface area contributed by atoms with Crippen LogP contribution in [0.25, 0.3) is 0 Å². The van der Waals surface area contributed by atoms with E-state index in [1.807, 2.05) is 12.1 Å². The molecule has 1 nitrogen and oxygen atoms in total. The Bertz CT molecular complexity index is 595. The molecule has 3 heteroatoms. The molecule has 2 aromatic carbocycles. The number of rotatable bonds is 6. The van der Waals surface area contributed by atoms with Crippen molar-refractivity contribution in [2.75, 3.05) is 6.54 Å². The Labute approximate surface area is 133 Å². The Balaban J connectivity index is 1.79. The van der Waals surface area contributed by atoms with Crippen molar-refractivity contribution >= 4 is 15.9 Å². The Hall–Kier alpha value is -1.19. The largest absolute Gasteiger partial charge is 0.313 e. The van der Waals surface area contributed by atoms with E-state index in [4.69, 9.17) is 0 Å². The zero-order valence-electron chi connectivity index (χ0n) is 11.9. The van der Waals surface area contributed by atoms with Gasteiger partial charge in [0.1, 0.15) is 5.82 Å². The van der Waals surface area contributed by atoms with Gasteiger partial charge < -0.3 is 5.32 Å². The molecule has 0 amide bonds. The topological polar surface area (TPSA) is 12.0 Å². The standard InChI is InChI=1S/C18H19BrFN/c19-18-14(7-4-8-17(18)20)11-15(12-21-16-9-10-16)13-5-2-1-3-6-13/h1-8,15-16,21H,9-12H2. The van der Waals surface area contributed by atoms with E-state index in [9.17, 15) is 4.39 Å². The summed E-state index contributed by atoms with van der Waals surface area (Å²) in [7, 11) is 0. The second kappa shape index (κ2) is 6.71. The number of hydrogen-bond acceptors (Lipinski definition) is 1. The summed E-state index contributed by atoms with van der Waals surface area (Å²) in [6, 6.07) is 16.5. The Morgan fingerprint density at radius 1 is 1.10 bits per heavy atom. The molecule has 1 N–H and O–H groups in total. The van der Waals surface area contributed by atoms with Crippen molar-refractivity contribution in [1.82, 2.24) is 5.32 Å². The normalized spacial score (nSPS) is 15.9. The summed E-state index contributed by atoms with van der Waals surface area (Å²) >= 11 is 3.38. The van der Waals surface area contributed by atoms with Gasteiger partial charge in [-0.1, -0.05) is 42.5 Å². The minimum Gasteiger partial charge on any atom is -0.313 e. The van der Waals surface area contributed by atoms with Crippen LogP contribution in [-0.4, -0.2) is 12.6 Å². The lowest BCUT2D eigenvalue weighted by Crippen LogP contribution is -2.25. The van der Waals surface area contributed by atoms with Crippen LogP contribution in [0, 0.1) is 5.82 Å². The van der Waals surface area contributed by atoms with E-state index in [2.05, 4.69) is 45.5 Å². The number of halogens is 2. The number of benzene rings is 2. The number of hydrogen-bond donors (Lipinski definition) is 1. The summed E-state index contributed by atoms with van der Waals surface area (Å²) in [4.78, 5) is 0. The van der Waals surface area contributed by atoms with Crippen molar-refractivity contribution in [3.05, 3.63) is 69.9 Å². The van der Waals surface area contributed by atoms with E-state index in [1.54, 1.807) is 6.07 Å². The summed E-state index contributed by atoms with van der Waals surface area (Å²) in [5, 5.41) is 3.60. The maximum absolute atomic E-state index is 13.7. The SMILES string of the molecule is Fc1cccc(CC(CNC2CC2)c2ccccc2)c1Br. The molecule has 1 unspecified atom stereocenters. The van der Waals surface area contributed by atoms with Gasteiger partial charge in [-0.15, -0.1) is 0 Å². The van der Waals surface area contributed by atoms with Crippen molar-refractivity contribution in [2.45, 2.75) is 31.2 Å². The molecule has 3 rings (SSSR count). The first-order chi connectivity index (χ1) is 10.2. The molecule has 0 aliphatic heterocycles. The summed E-state index contributed by atoms with van der Waals surface area (Å²) in [5.41, 5.74) is 2.34. The van der Waals surface area contributed by atoms with Crippen molar-refractivity contribution in [3.8, 4) is 0 Å². The lowest BCUT2D eigenvalue weighted by molar-refractivity contribution is 0.571. The van der Waals surface area contributed by atoms with Crippen LogP contribution in [0.5, 0.6) is 0 Å². The van der Waals surface area contributed by atoms with E-state index in [0.717, 1.165) is 18.5 Å². The highest BCUT2D eigenvalue weighted by molar-refractivity contribution is 9.10. The minimum absolute atomic E-state index is 0.186. The fourth-order valence-corrected chi connectivity index (χ4v) is 3.03. The fourth-order valence-electron chi connectivity index (χ4n) is 2.60. The van der Waals surface area contributed by atoms with E-state index in [0.29, 0.717) is 16.4 Å². The Kier molecular flexibility index (Phi) is 4.71. The first-order valence-electron chi connectivity index (χ1n) is 7.45. The smallest absolute Gasteiger partial charge is 0.137 e. The van der Waals surface area contributed by atoms with Gasteiger partial charge in [-0.25, -0.2) is 4.39 Å². The minimum atomic E-state index is -0.186. The van der Waals surface area contributed by atoms with Gasteiger partial charge in [0, 0.05) is 18.5 Å². The van der Waals surface area contributed by atoms with E-state index in [1.165, 1.54) is 24.5 Å². The highest BCUT2D eigenvalue weighted by Gasteiger charge is 2.23. The highest BCUT2D eigenvalue weighted by atomic mass is 79.9. The molecule has 1 aliphatic carbocycles. The molecular formula is C18H19BrFN. The van der Waals surface area contributed by atoms with E-state index < -0.39 is 0 Å². The third-order valence-electron chi connectivity index (χ3n) is 4.00. The third kappa shape index (κ3) is 3.92. The van der Waals surface area contributed by atoms with Crippen LogP contribution in [0.15, 0.2) is 53.0 Å². The van der Waals surface area contributed by atoms with Crippen molar-refractivity contribution in [3.63, 3.8) is 0 Å². The monoisotopic (exact) mass is 347 g/mol. The van der Waals surface area contributed by atoms with Crippen LogP contribution in [0.3, 0.4) is 0 Å². The maximum atomic E-state index is 13.7. The van der Waals surface area contributed by atoms with Crippen LogP contribution < -0.4 is 5.32 Å². The summed E-state index contributed by atoms with van der Waals surface area (Å²) < 4.78 is 14.3. The van der Waals surface area contributed by atoms with Gasteiger partial charge in [-0.05, 0) is 52.4 Å². The average Bonchev–Trinajstić information content (AvgIpc) is 3.33. The van der Waals surface area contributed by atoms with Gasteiger partial charge in [0.15, 0.2) is 0 Å². The van der Waals surface area contributed by atoms with Gasteiger partial charge in [0.2, 0.25) is 0 Å². The second-order valence-corrected chi connectivity index (χ2v) is 6.50. The maximum Gasteiger partial charge on any atom is 0.137 e. The first kappa shape index (κ1) is 14.7. The molecule has 1 aliphatic rings. The van der Waals surface area contributed by atoms with Crippen LogP contribution in [0.1, 0.15) is 29.9 Å². The van der Waals surface area contributed by atoms with Gasteiger partial charge in [-0.3, -0.25) is 0 Å². The molecule has 0 bridgehead atoms. The fraction of sp³-hybridized carbons (Fsp3) is 0.333. The van der Waals surface area contributed by atoms with Crippen molar-refractivity contribution in [2.24, 2.45) is 0 Å². The van der Waals surface area contributed by atoms with Gasteiger partial charge >= 0.3 is 0 Å². The number of nitrogens with one attached hydrogen (secondary N) is 1. The zero-order valence-corrected chi connectivity index (χ0v) is 13.4. The van der Waals surface area contributed by atoms with E-state index in [-0.39, 0.29) is 5.82 Å². The van der Waals surface area contributed by atoms with Gasteiger partial charge in [-0.2, -0.15) is 0 Å². The van der Waals surface area contributed by atoms with Crippen LogP contribution >= 0.6 is 15.9 Å². The zero-order chi connectivity index (χ0) is 14.7. The predicted octanol–water partition coefficient (Wildman–Crippen LogP) is 4.67. The molecule has 1 atom stereocenters. The third-order valence-corrected chi connectivity index (χ3v) is 4.89. The predicted molar refractivity (Wildman–Crippen MR) is 88.0 cm³/mol. The molecule has 1 saturated carbocycles. The molecule has 2 aromatic rings. The molecule has 1 fully saturated rings. The lowest BCUT2D eigenvalue weighted by Gasteiger charge is -2.19. The molecular weight excluding hydrogens is 329 g/mol. The second-order valence-electron chi connectivity index (χ2n) is 5.71. The van der Waals surface area contributed by atoms with Crippen molar-refractivity contribution < 1.29 is 4.39 Å². The molecule has 0 saturated heterocycles. The average molecular weight is 348 g/mol. The van der Waals surface area contributed by atoms with Crippen LogP contribution in [-0.2, 0) is 6.42 Å². The van der Waals surface area contributed by atoms with Gasteiger partial charge in [0.25, 0.3) is 0 Å². The summed E-state index contributed by atoms with van der Waals surface area (Å²) in [5.74, 6) is 0.180. The quantitative estimate of drug-likeness (QED) is 0.800. The highest BCUT2D eigenvalue weighted by Crippen LogP contribution is 2.28. The van der Waals surface area contributed by atoms with Crippen molar-refractivity contribution in [1.29, 1.82) is 0 Å². The molecule has 0 aromatic heterocycles. The molecule has 21 heavy (non-hydrogen) atoms. The molecule has 110 valence electrons. The summed E-state index contributed by atoms with van der Waals surface area (Å²) in [6.07, 6.45) is 3.40. The molecule has 0 heterocycles. The Morgan fingerprint density at radius 3 is 2.57 bits per heavy atom. The lowest BCUT2D eigenvalue weighted by atomic mass is 9.92. The van der Waals surface area contributed by atoms with E-state index >= 15 is 0 Å². The van der Waals surface area contributed by atoms with Gasteiger partial charge in [0.05, 0.1) is 4.47 Å².